The number of likely N-dealkylation sites (N-methyl/N-ethyl adjacent to an activating group) is 1. The van der Waals surface area contributed by atoms with Crippen molar-refractivity contribution < 1.29 is 0 Å². The van der Waals surface area contributed by atoms with Gasteiger partial charge in [0, 0.05) is 31.5 Å². The molecular weight excluding hydrogens is 258 g/mol. The third-order valence-electron chi connectivity index (χ3n) is 3.63. The van der Waals surface area contributed by atoms with Crippen molar-refractivity contribution in [2.45, 2.75) is 27.3 Å². The quantitative estimate of drug-likeness (QED) is 0.878. The van der Waals surface area contributed by atoms with Crippen LogP contribution >= 0.6 is 0 Å². The molecule has 0 aliphatic carbocycles. The lowest BCUT2D eigenvalue weighted by Crippen LogP contribution is -2.25. The van der Waals surface area contributed by atoms with E-state index in [-0.39, 0.29) is 0 Å². The number of rotatable bonds is 6. The summed E-state index contributed by atoms with van der Waals surface area (Å²) in [6.45, 7) is 9.29. The van der Waals surface area contributed by atoms with Gasteiger partial charge in [-0.2, -0.15) is 0 Å². The Morgan fingerprint density at radius 3 is 2.43 bits per heavy atom. The molecule has 21 heavy (non-hydrogen) atoms. The molecule has 0 saturated carbocycles. The molecule has 0 atom stereocenters. The molecular formula is C18H25N3. The van der Waals surface area contributed by atoms with E-state index < -0.39 is 0 Å². The van der Waals surface area contributed by atoms with Gasteiger partial charge in [0.15, 0.2) is 0 Å². The minimum atomic E-state index is 0.883. The summed E-state index contributed by atoms with van der Waals surface area (Å²) in [6, 6.07) is 10.5. The Labute approximate surface area is 128 Å². The van der Waals surface area contributed by atoms with E-state index in [4.69, 9.17) is 0 Å². The molecule has 0 saturated heterocycles. The van der Waals surface area contributed by atoms with Gasteiger partial charge in [-0.1, -0.05) is 23.8 Å². The van der Waals surface area contributed by atoms with E-state index in [2.05, 4.69) is 61.2 Å². The SMILES string of the molecule is Cc1cc(C)c(NCCN(C)Cc2ccccn2)c(C)c1. The number of anilines is 1. The van der Waals surface area contributed by atoms with E-state index in [0.29, 0.717) is 0 Å². The van der Waals surface area contributed by atoms with Crippen molar-refractivity contribution in [3.05, 3.63) is 58.9 Å². The fraction of sp³-hybridized carbons (Fsp3) is 0.389. The topological polar surface area (TPSA) is 28.2 Å². The predicted molar refractivity (Wildman–Crippen MR) is 89.7 cm³/mol. The molecule has 112 valence electrons. The molecule has 0 aliphatic heterocycles. The van der Waals surface area contributed by atoms with Crippen LogP contribution in [0.4, 0.5) is 5.69 Å². The van der Waals surface area contributed by atoms with Gasteiger partial charge in [-0.05, 0) is 51.1 Å². The first kappa shape index (κ1) is 15.5. The molecule has 0 bridgehead atoms. The smallest absolute Gasteiger partial charge is 0.0543 e. The lowest BCUT2D eigenvalue weighted by Gasteiger charge is -2.19. The zero-order chi connectivity index (χ0) is 15.2. The minimum Gasteiger partial charge on any atom is -0.383 e. The Kier molecular flexibility index (Phi) is 5.34. The molecule has 0 fully saturated rings. The van der Waals surface area contributed by atoms with Gasteiger partial charge in [0.05, 0.1) is 5.69 Å². The van der Waals surface area contributed by atoms with Crippen LogP contribution in [0.2, 0.25) is 0 Å². The summed E-state index contributed by atoms with van der Waals surface area (Å²) in [6.07, 6.45) is 1.85. The summed E-state index contributed by atoms with van der Waals surface area (Å²) >= 11 is 0. The second-order valence-corrected chi connectivity index (χ2v) is 5.76. The van der Waals surface area contributed by atoms with Crippen molar-refractivity contribution in [3.8, 4) is 0 Å². The van der Waals surface area contributed by atoms with Gasteiger partial charge in [-0.15, -0.1) is 0 Å². The van der Waals surface area contributed by atoms with Crippen LogP contribution in [0.15, 0.2) is 36.5 Å². The Hall–Kier alpha value is -1.87. The van der Waals surface area contributed by atoms with Crippen molar-refractivity contribution in [2.24, 2.45) is 0 Å². The van der Waals surface area contributed by atoms with Crippen molar-refractivity contribution in [1.82, 2.24) is 9.88 Å². The first-order chi connectivity index (χ1) is 10.1. The van der Waals surface area contributed by atoms with Gasteiger partial charge in [0.2, 0.25) is 0 Å². The summed E-state index contributed by atoms with van der Waals surface area (Å²) in [5.74, 6) is 0. The molecule has 2 aromatic rings. The Morgan fingerprint density at radius 2 is 1.81 bits per heavy atom. The van der Waals surface area contributed by atoms with Crippen LogP contribution < -0.4 is 5.32 Å². The molecule has 1 aromatic carbocycles. The summed E-state index contributed by atoms with van der Waals surface area (Å²) in [5, 5.41) is 3.56. The van der Waals surface area contributed by atoms with Crippen molar-refractivity contribution >= 4 is 5.69 Å². The second kappa shape index (κ2) is 7.23. The molecule has 0 spiro atoms. The molecule has 3 nitrogen and oxygen atoms in total. The van der Waals surface area contributed by atoms with Crippen LogP contribution in [0, 0.1) is 20.8 Å². The largest absolute Gasteiger partial charge is 0.383 e. The van der Waals surface area contributed by atoms with E-state index in [1.807, 2.05) is 18.3 Å². The normalized spacial score (nSPS) is 10.9. The van der Waals surface area contributed by atoms with Crippen molar-refractivity contribution in [2.75, 3.05) is 25.5 Å². The highest BCUT2D eigenvalue weighted by molar-refractivity contribution is 5.58. The number of aryl methyl sites for hydroxylation is 3. The monoisotopic (exact) mass is 283 g/mol. The molecule has 3 heteroatoms. The lowest BCUT2D eigenvalue weighted by molar-refractivity contribution is 0.335. The van der Waals surface area contributed by atoms with Gasteiger partial charge in [0.1, 0.15) is 0 Å². The van der Waals surface area contributed by atoms with Crippen LogP contribution in [0.5, 0.6) is 0 Å². The van der Waals surface area contributed by atoms with Crippen molar-refractivity contribution in [3.63, 3.8) is 0 Å². The number of nitrogens with one attached hydrogen (secondary N) is 1. The highest BCUT2D eigenvalue weighted by Gasteiger charge is 2.04. The van der Waals surface area contributed by atoms with Gasteiger partial charge in [-0.3, -0.25) is 9.88 Å². The maximum atomic E-state index is 4.36. The average molecular weight is 283 g/mol. The zero-order valence-corrected chi connectivity index (χ0v) is 13.5. The molecule has 1 heterocycles. The third kappa shape index (κ3) is 4.57. The zero-order valence-electron chi connectivity index (χ0n) is 13.5. The number of hydrogen-bond donors (Lipinski definition) is 1. The number of benzene rings is 1. The fourth-order valence-corrected chi connectivity index (χ4v) is 2.68. The standard InChI is InChI=1S/C18H25N3/c1-14-11-15(2)18(16(3)12-14)20-9-10-21(4)13-17-7-5-6-8-19-17/h5-8,11-12,20H,9-10,13H2,1-4H3. The molecule has 0 unspecified atom stereocenters. The first-order valence-electron chi connectivity index (χ1n) is 7.46. The van der Waals surface area contributed by atoms with Crippen LogP contribution in [0.3, 0.4) is 0 Å². The summed E-state index contributed by atoms with van der Waals surface area (Å²) < 4.78 is 0. The fourth-order valence-electron chi connectivity index (χ4n) is 2.68. The summed E-state index contributed by atoms with van der Waals surface area (Å²) in [7, 11) is 2.13. The lowest BCUT2D eigenvalue weighted by atomic mass is 10.1. The molecule has 1 N–H and O–H groups in total. The van der Waals surface area contributed by atoms with Crippen LogP contribution in [-0.2, 0) is 6.54 Å². The molecule has 1 aromatic heterocycles. The first-order valence-corrected chi connectivity index (χ1v) is 7.46. The second-order valence-electron chi connectivity index (χ2n) is 5.76. The number of aromatic nitrogens is 1. The van der Waals surface area contributed by atoms with Gasteiger partial charge >= 0.3 is 0 Å². The van der Waals surface area contributed by atoms with Crippen LogP contribution in [0.25, 0.3) is 0 Å². The molecule has 0 amide bonds. The Morgan fingerprint density at radius 1 is 1.10 bits per heavy atom. The average Bonchev–Trinajstić information content (AvgIpc) is 2.42. The molecule has 0 radical (unpaired) electrons. The van der Waals surface area contributed by atoms with Gasteiger partial charge < -0.3 is 5.32 Å². The van der Waals surface area contributed by atoms with E-state index in [1.165, 1.54) is 22.4 Å². The number of nitrogens with zero attached hydrogens (tertiary/aromatic N) is 2. The summed E-state index contributed by atoms with van der Waals surface area (Å²) in [4.78, 5) is 6.65. The van der Waals surface area contributed by atoms with Gasteiger partial charge in [-0.25, -0.2) is 0 Å². The maximum absolute atomic E-state index is 4.36. The highest BCUT2D eigenvalue weighted by Crippen LogP contribution is 2.21. The Bertz CT molecular complexity index is 555. The van der Waals surface area contributed by atoms with E-state index in [0.717, 1.165) is 25.3 Å². The molecule has 2 rings (SSSR count). The summed E-state index contributed by atoms with van der Waals surface area (Å²) in [5.41, 5.74) is 6.34. The van der Waals surface area contributed by atoms with E-state index in [1.54, 1.807) is 0 Å². The van der Waals surface area contributed by atoms with Crippen LogP contribution in [-0.4, -0.2) is 30.0 Å². The third-order valence-corrected chi connectivity index (χ3v) is 3.63. The predicted octanol–water partition coefficient (Wildman–Crippen LogP) is 3.55. The number of pyridine rings is 1. The van der Waals surface area contributed by atoms with E-state index in [9.17, 15) is 0 Å². The van der Waals surface area contributed by atoms with E-state index >= 15 is 0 Å². The number of hydrogen-bond acceptors (Lipinski definition) is 3. The van der Waals surface area contributed by atoms with Gasteiger partial charge in [0.25, 0.3) is 0 Å². The highest BCUT2D eigenvalue weighted by atomic mass is 15.1. The van der Waals surface area contributed by atoms with Crippen molar-refractivity contribution in [1.29, 1.82) is 0 Å². The molecule has 0 aliphatic rings. The van der Waals surface area contributed by atoms with Crippen LogP contribution in [0.1, 0.15) is 22.4 Å². The Balaban J connectivity index is 1.84. The minimum absolute atomic E-state index is 0.883. The maximum Gasteiger partial charge on any atom is 0.0543 e.